The van der Waals surface area contributed by atoms with Crippen molar-refractivity contribution < 1.29 is 22.7 Å². The first kappa shape index (κ1) is 21.5. The minimum atomic E-state index is -4.45. The third kappa shape index (κ3) is 4.85. The van der Waals surface area contributed by atoms with Gasteiger partial charge in [0.2, 0.25) is 5.84 Å². The number of nitrogens with zero attached hydrogens (tertiary/aromatic N) is 2. The minimum absolute atomic E-state index is 0.0654. The van der Waals surface area contributed by atoms with Gasteiger partial charge in [0.05, 0.1) is 17.9 Å². The van der Waals surface area contributed by atoms with E-state index in [0.29, 0.717) is 6.54 Å². The van der Waals surface area contributed by atoms with E-state index in [0.717, 1.165) is 31.4 Å². The molecule has 0 amide bonds. The van der Waals surface area contributed by atoms with E-state index in [1.165, 1.54) is 12.1 Å². The van der Waals surface area contributed by atoms with Gasteiger partial charge in [0.15, 0.2) is 0 Å². The molecule has 1 heterocycles. The number of benzene rings is 1. The number of hydrogen-bond acceptors (Lipinski definition) is 4. The number of hydrazone groups is 1. The molecule has 8 heteroatoms. The van der Waals surface area contributed by atoms with Gasteiger partial charge in [-0.1, -0.05) is 26.8 Å². The summed E-state index contributed by atoms with van der Waals surface area (Å²) in [6, 6.07) is 4.90. The molecule has 1 saturated carbocycles. The van der Waals surface area contributed by atoms with Gasteiger partial charge >= 0.3 is 12.1 Å². The SMILES string of the molecule is CCOC(=O)/C(=N/Nc1cccc(C(F)(F)F)c1)N1C[C@]2(C)C[C@H]1CC(C)(C)C2. The smallest absolute Gasteiger partial charge is 0.416 e. The molecule has 5 nitrogen and oxygen atoms in total. The number of likely N-dealkylation sites (tertiary alicyclic amines) is 1. The second-order valence-corrected chi connectivity index (χ2v) is 9.19. The Labute approximate surface area is 169 Å². The molecule has 1 saturated heterocycles. The predicted molar refractivity (Wildman–Crippen MR) is 105 cm³/mol. The highest BCUT2D eigenvalue weighted by molar-refractivity contribution is 6.35. The lowest BCUT2D eigenvalue weighted by Gasteiger charge is -2.39. The van der Waals surface area contributed by atoms with E-state index in [2.05, 4.69) is 31.3 Å². The van der Waals surface area contributed by atoms with Gasteiger partial charge in [-0.2, -0.15) is 13.2 Å². The molecule has 29 heavy (non-hydrogen) atoms. The number of carbonyl (C=O) groups excluding carboxylic acids is 1. The zero-order chi connectivity index (χ0) is 21.4. The van der Waals surface area contributed by atoms with Crippen molar-refractivity contribution in [2.45, 2.75) is 59.2 Å². The van der Waals surface area contributed by atoms with Gasteiger partial charge in [-0.15, -0.1) is 5.10 Å². The van der Waals surface area contributed by atoms with Crippen molar-refractivity contribution in [1.29, 1.82) is 0 Å². The number of alkyl halides is 3. The molecule has 0 aromatic heterocycles. The first-order chi connectivity index (χ1) is 13.4. The number of amidine groups is 1. The fourth-order valence-corrected chi connectivity index (χ4v) is 5.01. The Bertz CT molecular complexity index is 807. The molecule has 160 valence electrons. The molecule has 0 radical (unpaired) electrons. The molecule has 0 spiro atoms. The normalized spacial score (nSPS) is 26.4. The molecule has 2 fully saturated rings. The van der Waals surface area contributed by atoms with Gasteiger partial charge in [0.1, 0.15) is 0 Å². The Morgan fingerprint density at radius 2 is 2.03 bits per heavy atom. The lowest BCUT2D eigenvalue weighted by molar-refractivity contribution is -0.138. The van der Waals surface area contributed by atoms with Crippen LogP contribution in [0.15, 0.2) is 29.4 Å². The molecular formula is C21H28F3N3O2. The van der Waals surface area contributed by atoms with E-state index in [1.807, 2.05) is 4.90 Å². The number of esters is 1. The number of nitrogens with one attached hydrogen (secondary N) is 1. The summed E-state index contributed by atoms with van der Waals surface area (Å²) < 4.78 is 44.1. The van der Waals surface area contributed by atoms with Gasteiger partial charge in [0.25, 0.3) is 0 Å². The van der Waals surface area contributed by atoms with Crippen molar-refractivity contribution >= 4 is 17.5 Å². The molecular weight excluding hydrogens is 383 g/mol. The number of fused-ring (bicyclic) bond motifs is 2. The summed E-state index contributed by atoms with van der Waals surface area (Å²) in [4.78, 5) is 14.6. The van der Waals surface area contributed by atoms with Crippen LogP contribution < -0.4 is 5.43 Å². The summed E-state index contributed by atoms with van der Waals surface area (Å²) in [6.07, 6.45) is -1.52. The monoisotopic (exact) mass is 411 g/mol. The zero-order valence-electron chi connectivity index (χ0n) is 17.3. The highest BCUT2D eigenvalue weighted by atomic mass is 19.4. The highest BCUT2D eigenvalue weighted by Crippen LogP contribution is 2.52. The van der Waals surface area contributed by atoms with E-state index in [9.17, 15) is 18.0 Å². The van der Waals surface area contributed by atoms with Gasteiger partial charge in [-0.05, 0) is 55.2 Å². The van der Waals surface area contributed by atoms with Crippen molar-refractivity contribution in [3.05, 3.63) is 29.8 Å². The first-order valence-electron chi connectivity index (χ1n) is 9.87. The molecule has 2 aliphatic rings. The van der Waals surface area contributed by atoms with E-state index < -0.39 is 17.7 Å². The van der Waals surface area contributed by atoms with Crippen molar-refractivity contribution in [2.24, 2.45) is 15.9 Å². The Morgan fingerprint density at radius 1 is 1.31 bits per heavy atom. The topological polar surface area (TPSA) is 53.9 Å². The maximum absolute atomic E-state index is 13.0. The summed E-state index contributed by atoms with van der Waals surface area (Å²) in [7, 11) is 0. The number of rotatable bonds is 3. The predicted octanol–water partition coefficient (Wildman–Crippen LogP) is 4.89. The van der Waals surface area contributed by atoms with Crippen LogP contribution >= 0.6 is 0 Å². The van der Waals surface area contributed by atoms with E-state index in [4.69, 9.17) is 4.74 Å². The first-order valence-corrected chi connectivity index (χ1v) is 9.87. The minimum Gasteiger partial charge on any atom is -0.460 e. The summed E-state index contributed by atoms with van der Waals surface area (Å²) in [6.45, 7) is 9.24. The highest BCUT2D eigenvalue weighted by Gasteiger charge is 2.51. The Hall–Kier alpha value is -2.25. The largest absolute Gasteiger partial charge is 0.460 e. The maximum atomic E-state index is 13.0. The van der Waals surface area contributed by atoms with Crippen LogP contribution in [0.4, 0.5) is 18.9 Å². The second-order valence-electron chi connectivity index (χ2n) is 9.19. The number of carbonyl (C=O) groups is 1. The molecule has 1 aliphatic heterocycles. The summed E-state index contributed by atoms with van der Waals surface area (Å²) >= 11 is 0. The van der Waals surface area contributed by atoms with Crippen LogP contribution in [-0.2, 0) is 15.7 Å². The molecule has 1 aromatic rings. The van der Waals surface area contributed by atoms with Crippen LogP contribution in [0.5, 0.6) is 0 Å². The quantitative estimate of drug-likeness (QED) is 0.333. The number of halogens is 3. The van der Waals surface area contributed by atoms with Crippen LogP contribution in [0, 0.1) is 10.8 Å². The van der Waals surface area contributed by atoms with Crippen LogP contribution in [0.1, 0.15) is 52.5 Å². The average molecular weight is 411 g/mol. The van der Waals surface area contributed by atoms with Gasteiger partial charge < -0.3 is 9.64 Å². The van der Waals surface area contributed by atoms with E-state index in [1.54, 1.807) is 6.92 Å². The molecule has 1 N–H and O–H groups in total. The Kier molecular flexibility index (Phi) is 5.58. The van der Waals surface area contributed by atoms with Crippen LogP contribution in [0.25, 0.3) is 0 Å². The van der Waals surface area contributed by atoms with E-state index in [-0.39, 0.29) is 35.0 Å². The number of ether oxygens (including phenoxy) is 1. The Balaban J connectivity index is 1.88. The van der Waals surface area contributed by atoms with Crippen molar-refractivity contribution in [3.63, 3.8) is 0 Å². The molecule has 3 rings (SSSR count). The molecule has 0 unspecified atom stereocenters. The fraction of sp³-hybridized carbons (Fsp3) is 0.619. The van der Waals surface area contributed by atoms with Crippen molar-refractivity contribution in [3.8, 4) is 0 Å². The molecule has 1 aliphatic carbocycles. The average Bonchev–Trinajstić information content (AvgIpc) is 2.83. The lowest BCUT2D eigenvalue weighted by atomic mass is 9.65. The Morgan fingerprint density at radius 3 is 2.69 bits per heavy atom. The maximum Gasteiger partial charge on any atom is 0.416 e. The van der Waals surface area contributed by atoms with E-state index >= 15 is 0 Å². The molecule has 2 bridgehead atoms. The standard InChI is InChI=1S/C21H28F3N3O2/c1-5-29-18(28)17(26-25-15-8-6-7-14(9-15)21(22,23)24)27-13-20(4)11-16(27)10-19(2,3)12-20/h6-9,16,25H,5,10-13H2,1-4H3/b26-17-/t16-,20-/m1/s1. The fourth-order valence-electron chi connectivity index (χ4n) is 5.01. The molecule has 1 aromatic carbocycles. The summed E-state index contributed by atoms with van der Waals surface area (Å²) in [5.74, 6) is -0.448. The third-order valence-electron chi connectivity index (χ3n) is 5.63. The lowest BCUT2D eigenvalue weighted by Crippen LogP contribution is -2.42. The summed E-state index contributed by atoms with van der Waals surface area (Å²) in [5.41, 5.74) is 2.24. The molecule has 2 atom stereocenters. The van der Waals surface area contributed by atoms with Crippen LogP contribution in [0.3, 0.4) is 0 Å². The van der Waals surface area contributed by atoms with Crippen molar-refractivity contribution in [2.75, 3.05) is 18.6 Å². The van der Waals surface area contributed by atoms with Crippen molar-refractivity contribution in [1.82, 2.24) is 4.90 Å². The number of hydrogen-bond donors (Lipinski definition) is 1. The van der Waals surface area contributed by atoms with Gasteiger partial charge in [0, 0.05) is 12.6 Å². The van der Waals surface area contributed by atoms with Crippen LogP contribution in [0.2, 0.25) is 0 Å². The zero-order valence-corrected chi connectivity index (χ0v) is 17.3. The third-order valence-corrected chi connectivity index (χ3v) is 5.63. The number of anilines is 1. The van der Waals surface area contributed by atoms with Crippen LogP contribution in [-0.4, -0.2) is 35.9 Å². The summed E-state index contributed by atoms with van der Waals surface area (Å²) in [5, 5.41) is 4.21. The second kappa shape index (κ2) is 7.54. The van der Waals surface area contributed by atoms with Gasteiger partial charge in [-0.25, -0.2) is 4.79 Å². The van der Waals surface area contributed by atoms with Gasteiger partial charge in [-0.3, -0.25) is 5.43 Å².